The van der Waals surface area contributed by atoms with Crippen LogP contribution in [0.25, 0.3) is 16.8 Å². The zero-order chi connectivity index (χ0) is 21.1. The number of nitrogens with one attached hydrogen (secondary N) is 2. The molecule has 30 heavy (non-hydrogen) atoms. The Kier molecular flexibility index (Phi) is 5.33. The second-order valence-corrected chi connectivity index (χ2v) is 7.68. The Morgan fingerprint density at radius 3 is 2.90 bits per heavy atom. The second kappa shape index (κ2) is 8.08. The van der Waals surface area contributed by atoms with Crippen molar-refractivity contribution in [1.29, 1.82) is 10.7 Å². The summed E-state index contributed by atoms with van der Waals surface area (Å²) in [5.74, 6) is 0.0983. The largest absolute Gasteiger partial charge is 0.394 e. The van der Waals surface area contributed by atoms with Crippen LogP contribution in [0.4, 0.5) is 0 Å². The third kappa shape index (κ3) is 3.46. The van der Waals surface area contributed by atoms with Gasteiger partial charge >= 0.3 is 0 Å². The monoisotopic (exact) mass is 403 g/mol. The summed E-state index contributed by atoms with van der Waals surface area (Å²) in [7, 11) is 1.78. The topological polar surface area (TPSA) is 134 Å². The minimum absolute atomic E-state index is 0.0983. The Hall–Kier alpha value is -3.51. The van der Waals surface area contributed by atoms with Crippen molar-refractivity contribution >= 4 is 11.2 Å². The first-order chi connectivity index (χ1) is 14.6. The number of aromatic nitrogens is 5. The minimum atomic E-state index is -0.276. The van der Waals surface area contributed by atoms with Crippen molar-refractivity contribution < 1.29 is 0 Å². The molecule has 1 aliphatic rings. The van der Waals surface area contributed by atoms with Gasteiger partial charge in [0.2, 0.25) is 0 Å². The Balaban J connectivity index is 1.73. The normalized spacial score (nSPS) is 21.7. The number of nitriles is 1. The predicted octanol–water partition coefficient (Wildman–Crippen LogP) is 2.06. The lowest BCUT2D eigenvalue weighted by atomic mass is 9.77. The molecule has 3 heterocycles. The van der Waals surface area contributed by atoms with Gasteiger partial charge < -0.3 is 11.1 Å². The van der Waals surface area contributed by atoms with E-state index in [0.717, 1.165) is 42.5 Å². The first-order valence-corrected chi connectivity index (χ1v) is 10.0. The molecule has 0 atom stereocenters. The van der Waals surface area contributed by atoms with Gasteiger partial charge in [-0.25, -0.2) is 9.50 Å². The molecule has 0 spiro atoms. The molecule has 1 saturated carbocycles. The summed E-state index contributed by atoms with van der Waals surface area (Å²) in [5, 5.41) is 29.4. The Bertz CT molecular complexity index is 1120. The van der Waals surface area contributed by atoms with Crippen molar-refractivity contribution in [2.75, 3.05) is 13.6 Å². The molecule has 0 radical (unpaired) electrons. The third-order valence-electron chi connectivity index (χ3n) is 5.90. The summed E-state index contributed by atoms with van der Waals surface area (Å²) < 4.78 is 3.68. The van der Waals surface area contributed by atoms with Crippen molar-refractivity contribution in [1.82, 2.24) is 29.7 Å². The van der Waals surface area contributed by atoms with E-state index in [1.807, 2.05) is 16.9 Å². The van der Waals surface area contributed by atoms with Crippen LogP contribution < -0.4 is 11.1 Å². The van der Waals surface area contributed by atoms with E-state index in [4.69, 9.17) is 16.1 Å². The number of rotatable bonds is 6. The van der Waals surface area contributed by atoms with Crippen LogP contribution in [-0.2, 0) is 5.54 Å². The van der Waals surface area contributed by atoms with Crippen LogP contribution in [0.5, 0.6) is 0 Å². The van der Waals surface area contributed by atoms with Crippen LogP contribution in [0.15, 0.2) is 43.1 Å². The van der Waals surface area contributed by atoms with Gasteiger partial charge in [0.1, 0.15) is 5.69 Å². The van der Waals surface area contributed by atoms with Gasteiger partial charge in [-0.05, 0) is 44.0 Å². The van der Waals surface area contributed by atoms with Crippen LogP contribution in [0.1, 0.15) is 31.4 Å². The molecule has 4 rings (SSSR count). The maximum Gasteiger partial charge on any atom is 0.107 e. The molecule has 9 nitrogen and oxygen atoms in total. The van der Waals surface area contributed by atoms with E-state index in [1.165, 1.54) is 0 Å². The van der Waals surface area contributed by atoms with Gasteiger partial charge in [-0.1, -0.05) is 0 Å². The Morgan fingerprint density at radius 2 is 2.20 bits per heavy atom. The van der Waals surface area contributed by atoms with Gasteiger partial charge in [-0.2, -0.15) is 15.5 Å². The lowest BCUT2D eigenvalue weighted by molar-refractivity contribution is 0.164. The number of hydrogen-bond donors (Lipinski definition) is 3. The fourth-order valence-corrected chi connectivity index (χ4v) is 4.04. The summed E-state index contributed by atoms with van der Waals surface area (Å²) in [4.78, 5) is 4.74. The molecule has 3 aromatic heterocycles. The van der Waals surface area contributed by atoms with Gasteiger partial charge in [0.05, 0.1) is 47.1 Å². The lowest BCUT2D eigenvalue weighted by Gasteiger charge is -2.38. The smallest absolute Gasteiger partial charge is 0.107 e. The lowest BCUT2D eigenvalue weighted by Crippen LogP contribution is -2.44. The summed E-state index contributed by atoms with van der Waals surface area (Å²) >= 11 is 0. The standard InChI is InChI=1S/C21H25N9/c1-25-8-4-17(24)18-13-29-19(5-9-26-29)20(28-18)16-11-27-30(12-16)21(14-23)6-2-15(10-22)3-7-21/h4-5,8-9,11-13,15,24-25H,2-3,6-7,14,23H2,1H3/b8-4-,24-17?. The van der Waals surface area contributed by atoms with E-state index < -0.39 is 0 Å². The molecule has 154 valence electrons. The number of hydrogen-bond acceptors (Lipinski definition) is 7. The molecular formula is C21H25N9. The molecule has 0 unspecified atom stereocenters. The SMILES string of the molecule is CN/C=C\C(=N)c1cn2nccc2c(-c2cnn(C3(CN)CCC(C#N)CC3)c2)n1. The Labute approximate surface area is 174 Å². The zero-order valence-corrected chi connectivity index (χ0v) is 16.9. The molecule has 4 N–H and O–H groups in total. The molecule has 0 saturated heterocycles. The van der Waals surface area contributed by atoms with E-state index in [9.17, 15) is 5.26 Å². The molecule has 0 bridgehead atoms. The quantitative estimate of drug-likeness (QED) is 0.539. The maximum atomic E-state index is 9.22. The highest BCUT2D eigenvalue weighted by Crippen LogP contribution is 2.37. The van der Waals surface area contributed by atoms with Crippen LogP contribution in [-0.4, -0.2) is 43.7 Å². The number of nitrogens with two attached hydrogens (primary N) is 1. The number of nitrogens with zero attached hydrogens (tertiary/aromatic N) is 6. The molecule has 1 fully saturated rings. The van der Waals surface area contributed by atoms with Gasteiger partial charge in [0, 0.05) is 31.3 Å². The predicted molar refractivity (Wildman–Crippen MR) is 114 cm³/mol. The van der Waals surface area contributed by atoms with Gasteiger partial charge in [0.15, 0.2) is 0 Å². The fraction of sp³-hybridized carbons (Fsp3) is 0.381. The first-order valence-electron chi connectivity index (χ1n) is 10.0. The van der Waals surface area contributed by atoms with E-state index in [2.05, 4.69) is 21.6 Å². The van der Waals surface area contributed by atoms with E-state index in [1.54, 1.807) is 42.4 Å². The zero-order valence-electron chi connectivity index (χ0n) is 16.9. The minimum Gasteiger partial charge on any atom is -0.394 e. The van der Waals surface area contributed by atoms with Gasteiger partial charge in [-0.3, -0.25) is 10.1 Å². The highest BCUT2D eigenvalue weighted by Gasteiger charge is 2.36. The maximum absolute atomic E-state index is 9.22. The van der Waals surface area contributed by atoms with Gasteiger partial charge in [-0.15, -0.1) is 0 Å². The van der Waals surface area contributed by atoms with Crippen molar-refractivity contribution in [3.05, 3.63) is 48.8 Å². The average Bonchev–Trinajstić information content (AvgIpc) is 3.46. The van der Waals surface area contributed by atoms with Crippen molar-refractivity contribution in [2.45, 2.75) is 31.2 Å². The molecule has 1 aliphatic carbocycles. The van der Waals surface area contributed by atoms with Crippen molar-refractivity contribution in [3.63, 3.8) is 0 Å². The van der Waals surface area contributed by atoms with Crippen molar-refractivity contribution in [3.8, 4) is 17.3 Å². The second-order valence-electron chi connectivity index (χ2n) is 7.68. The van der Waals surface area contributed by atoms with E-state index >= 15 is 0 Å². The highest BCUT2D eigenvalue weighted by molar-refractivity contribution is 6.05. The number of fused-ring (bicyclic) bond motifs is 1. The Morgan fingerprint density at radius 1 is 1.40 bits per heavy atom. The molecule has 9 heteroatoms. The van der Waals surface area contributed by atoms with Gasteiger partial charge in [0.25, 0.3) is 0 Å². The fourth-order valence-electron chi connectivity index (χ4n) is 4.04. The van der Waals surface area contributed by atoms with E-state index in [-0.39, 0.29) is 17.2 Å². The molecule has 0 amide bonds. The van der Waals surface area contributed by atoms with Crippen molar-refractivity contribution in [2.24, 2.45) is 11.7 Å². The average molecular weight is 403 g/mol. The van der Waals surface area contributed by atoms with Crippen LogP contribution >= 0.6 is 0 Å². The van der Waals surface area contributed by atoms with E-state index in [0.29, 0.717) is 12.2 Å². The van der Waals surface area contributed by atoms with Crippen LogP contribution in [0.2, 0.25) is 0 Å². The van der Waals surface area contributed by atoms with Crippen LogP contribution in [0, 0.1) is 22.7 Å². The third-order valence-corrected chi connectivity index (χ3v) is 5.90. The number of allylic oxidation sites excluding steroid dienone is 1. The summed E-state index contributed by atoms with van der Waals surface area (Å²) in [6.45, 7) is 0.474. The summed E-state index contributed by atoms with van der Waals surface area (Å²) in [5.41, 5.74) is 9.11. The summed E-state index contributed by atoms with van der Waals surface area (Å²) in [6.07, 6.45) is 13.9. The summed E-state index contributed by atoms with van der Waals surface area (Å²) in [6, 6.07) is 4.27. The van der Waals surface area contributed by atoms with Crippen LogP contribution in [0.3, 0.4) is 0 Å². The molecule has 0 aromatic carbocycles. The molecule has 0 aliphatic heterocycles. The first kappa shape index (κ1) is 19.8. The molecule has 3 aromatic rings. The highest BCUT2D eigenvalue weighted by atomic mass is 15.3. The molecular weight excluding hydrogens is 378 g/mol.